The van der Waals surface area contributed by atoms with Gasteiger partial charge in [-0.15, -0.1) is 0 Å². The van der Waals surface area contributed by atoms with Gasteiger partial charge in [0.1, 0.15) is 0 Å². The van der Waals surface area contributed by atoms with Gasteiger partial charge in [-0.25, -0.2) is 4.79 Å². The molecule has 21 heavy (non-hydrogen) atoms. The van der Waals surface area contributed by atoms with Crippen LogP contribution in [0.25, 0.3) is 0 Å². The molecule has 1 saturated heterocycles. The fourth-order valence-electron chi connectivity index (χ4n) is 2.25. The van der Waals surface area contributed by atoms with Crippen LogP contribution in [0.2, 0.25) is 5.02 Å². The first-order valence-electron chi connectivity index (χ1n) is 6.72. The number of carbonyl (C=O) groups excluding carboxylic acids is 2. The van der Waals surface area contributed by atoms with Crippen LogP contribution in [0.15, 0.2) is 24.3 Å². The Morgan fingerprint density at radius 2 is 2.19 bits per heavy atom. The Balaban J connectivity index is 1.90. The first-order chi connectivity index (χ1) is 10.1. The van der Waals surface area contributed by atoms with Crippen LogP contribution >= 0.6 is 11.6 Å². The van der Waals surface area contributed by atoms with Crippen molar-refractivity contribution in [1.82, 2.24) is 10.2 Å². The molecule has 0 aliphatic carbocycles. The van der Waals surface area contributed by atoms with Crippen molar-refractivity contribution in [2.45, 2.75) is 12.5 Å². The van der Waals surface area contributed by atoms with Crippen LogP contribution in [0.4, 0.5) is 4.79 Å². The summed E-state index contributed by atoms with van der Waals surface area (Å²) in [5.41, 5.74) is 5.95. The number of nitrogens with zero attached hydrogens (tertiary/aromatic N) is 1. The molecular formula is C14H18ClN3O3. The van der Waals surface area contributed by atoms with Crippen LogP contribution in [0, 0.1) is 0 Å². The number of urea groups is 1. The van der Waals surface area contributed by atoms with E-state index in [9.17, 15) is 9.59 Å². The molecule has 1 aromatic carbocycles. The van der Waals surface area contributed by atoms with Crippen molar-refractivity contribution in [3.8, 4) is 0 Å². The van der Waals surface area contributed by atoms with Crippen LogP contribution in [-0.2, 0) is 16.0 Å². The molecule has 114 valence electrons. The lowest BCUT2D eigenvalue weighted by atomic mass is 10.1. The molecule has 6 nitrogen and oxygen atoms in total. The standard InChI is InChI=1S/C14H18ClN3O3/c15-12-4-2-1-3-10(12)7-11-9-18(5-6-21-11)13(19)8-17-14(16)20/h1-4,11H,5-9H2,(H3,16,17,20). The highest BCUT2D eigenvalue weighted by Crippen LogP contribution is 2.19. The van der Waals surface area contributed by atoms with Gasteiger partial charge >= 0.3 is 6.03 Å². The Morgan fingerprint density at radius 3 is 2.90 bits per heavy atom. The highest BCUT2D eigenvalue weighted by Gasteiger charge is 2.24. The van der Waals surface area contributed by atoms with Crippen molar-refractivity contribution >= 4 is 23.5 Å². The molecular weight excluding hydrogens is 294 g/mol. The minimum Gasteiger partial charge on any atom is -0.374 e. The molecule has 1 unspecified atom stereocenters. The van der Waals surface area contributed by atoms with Gasteiger partial charge in [-0.05, 0) is 11.6 Å². The molecule has 0 aromatic heterocycles. The normalized spacial score (nSPS) is 18.3. The average molecular weight is 312 g/mol. The van der Waals surface area contributed by atoms with E-state index in [1.54, 1.807) is 4.90 Å². The number of nitrogens with one attached hydrogen (secondary N) is 1. The van der Waals surface area contributed by atoms with E-state index in [0.29, 0.717) is 31.1 Å². The van der Waals surface area contributed by atoms with E-state index in [4.69, 9.17) is 22.1 Å². The summed E-state index contributed by atoms with van der Waals surface area (Å²) in [5.74, 6) is -0.166. The summed E-state index contributed by atoms with van der Waals surface area (Å²) in [7, 11) is 0. The molecule has 1 aliphatic rings. The molecule has 3 amide bonds. The number of morpholine rings is 1. The number of nitrogens with two attached hydrogens (primary N) is 1. The van der Waals surface area contributed by atoms with Gasteiger partial charge < -0.3 is 20.7 Å². The van der Waals surface area contributed by atoms with Crippen LogP contribution < -0.4 is 11.1 Å². The molecule has 1 fully saturated rings. The van der Waals surface area contributed by atoms with Gasteiger partial charge in [0.15, 0.2) is 0 Å². The van der Waals surface area contributed by atoms with Crippen molar-refractivity contribution in [1.29, 1.82) is 0 Å². The summed E-state index contributed by atoms with van der Waals surface area (Å²) in [6.45, 7) is 1.37. The molecule has 0 saturated carbocycles. The molecule has 1 heterocycles. The number of hydrogen-bond donors (Lipinski definition) is 2. The van der Waals surface area contributed by atoms with Crippen LogP contribution in [0.3, 0.4) is 0 Å². The van der Waals surface area contributed by atoms with E-state index < -0.39 is 6.03 Å². The Hall–Kier alpha value is -1.79. The second kappa shape index (κ2) is 7.28. The fourth-order valence-corrected chi connectivity index (χ4v) is 2.47. The zero-order valence-corrected chi connectivity index (χ0v) is 12.3. The number of primary amides is 1. The van der Waals surface area contributed by atoms with Crippen molar-refractivity contribution in [3.05, 3.63) is 34.9 Å². The molecule has 3 N–H and O–H groups in total. The summed E-state index contributed by atoms with van der Waals surface area (Å²) >= 11 is 6.13. The highest BCUT2D eigenvalue weighted by molar-refractivity contribution is 6.31. The Morgan fingerprint density at radius 1 is 1.43 bits per heavy atom. The number of ether oxygens (including phenoxy) is 1. The average Bonchev–Trinajstić information content (AvgIpc) is 2.47. The third-order valence-electron chi connectivity index (χ3n) is 3.31. The SMILES string of the molecule is NC(=O)NCC(=O)N1CCOC(Cc2ccccc2Cl)C1. The predicted octanol–water partition coefficient (Wildman–Crippen LogP) is 0.778. The molecule has 1 aromatic rings. The Kier molecular flexibility index (Phi) is 5.41. The number of halogens is 1. The van der Waals surface area contributed by atoms with Gasteiger partial charge in [0.2, 0.25) is 5.91 Å². The molecule has 2 rings (SSSR count). The molecule has 0 spiro atoms. The second-order valence-electron chi connectivity index (χ2n) is 4.85. The maximum absolute atomic E-state index is 11.9. The minimum atomic E-state index is -0.704. The van der Waals surface area contributed by atoms with Gasteiger partial charge in [0, 0.05) is 24.5 Å². The van der Waals surface area contributed by atoms with Gasteiger partial charge in [0.25, 0.3) is 0 Å². The number of rotatable bonds is 4. The second-order valence-corrected chi connectivity index (χ2v) is 5.25. The summed E-state index contributed by atoms with van der Waals surface area (Å²) in [5, 5.41) is 3.00. The molecule has 7 heteroatoms. The number of hydrogen-bond acceptors (Lipinski definition) is 3. The number of amides is 3. The monoisotopic (exact) mass is 311 g/mol. The zero-order chi connectivity index (χ0) is 15.2. The van der Waals surface area contributed by atoms with Crippen molar-refractivity contribution in [3.63, 3.8) is 0 Å². The minimum absolute atomic E-state index is 0.0891. The third-order valence-corrected chi connectivity index (χ3v) is 3.68. The zero-order valence-electron chi connectivity index (χ0n) is 11.5. The summed E-state index contributed by atoms with van der Waals surface area (Å²) in [6.07, 6.45) is 0.545. The van der Waals surface area contributed by atoms with E-state index in [1.165, 1.54) is 0 Å². The highest BCUT2D eigenvalue weighted by atomic mass is 35.5. The van der Waals surface area contributed by atoms with Gasteiger partial charge in [-0.1, -0.05) is 29.8 Å². The van der Waals surface area contributed by atoms with E-state index in [-0.39, 0.29) is 18.6 Å². The van der Waals surface area contributed by atoms with Crippen LogP contribution in [0.1, 0.15) is 5.56 Å². The lowest BCUT2D eigenvalue weighted by Crippen LogP contribution is -2.50. The van der Waals surface area contributed by atoms with Gasteiger partial charge in [0.05, 0.1) is 19.3 Å². The van der Waals surface area contributed by atoms with Gasteiger partial charge in [-0.3, -0.25) is 4.79 Å². The van der Waals surface area contributed by atoms with E-state index in [1.807, 2.05) is 24.3 Å². The van der Waals surface area contributed by atoms with Crippen LogP contribution in [-0.4, -0.2) is 49.2 Å². The number of carbonyl (C=O) groups is 2. The third kappa shape index (κ3) is 4.61. The maximum atomic E-state index is 11.9. The summed E-state index contributed by atoms with van der Waals surface area (Å²) < 4.78 is 5.68. The van der Waals surface area contributed by atoms with E-state index in [0.717, 1.165) is 5.56 Å². The largest absolute Gasteiger partial charge is 0.374 e. The maximum Gasteiger partial charge on any atom is 0.312 e. The summed E-state index contributed by atoms with van der Waals surface area (Å²) in [6, 6.07) is 6.87. The van der Waals surface area contributed by atoms with Crippen LogP contribution in [0.5, 0.6) is 0 Å². The molecule has 0 bridgehead atoms. The number of benzene rings is 1. The smallest absolute Gasteiger partial charge is 0.312 e. The van der Waals surface area contributed by atoms with E-state index in [2.05, 4.69) is 5.32 Å². The quantitative estimate of drug-likeness (QED) is 0.861. The lowest BCUT2D eigenvalue weighted by molar-refractivity contribution is -0.137. The molecule has 1 aliphatic heterocycles. The first-order valence-corrected chi connectivity index (χ1v) is 7.10. The van der Waals surface area contributed by atoms with Gasteiger partial charge in [-0.2, -0.15) is 0 Å². The van der Waals surface area contributed by atoms with Crippen molar-refractivity contribution in [2.75, 3.05) is 26.2 Å². The first kappa shape index (κ1) is 15.6. The van der Waals surface area contributed by atoms with Crippen molar-refractivity contribution < 1.29 is 14.3 Å². The Bertz CT molecular complexity index is 524. The summed E-state index contributed by atoms with van der Waals surface area (Å²) in [4.78, 5) is 24.2. The van der Waals surface area contributed by atoms with E-state index >= 15 is 0 Å². The topological polar surface area (TPSA) is 84.7 Å². The molecule has 0 radical (unpaired) electrons. The Labute approximate surface area is 128 Å². The molecule has 1 atom stereocenters. The van der Waals surface area contributed by atoms with Crippen molar-refractivity contribution in [2.24, 2.45) is 5.73 Å². The lowest BCUT2D eigenvalue weighted by Gasteiger charge is -2.33. The predicted molar refractivity (Wildman–Crippen MR) is 79.1 cm³/mol. The fraction of sp³-hybridized carbons (Fsp3) is 0.429.